The highest BCUT2D eigenvalue weighted by Gasteiger charge is 2.38. The van der Waals surface area contributed by atoms with Crippen molar-refractivity contribution in [3.8, 4) is 11.5 Å². The minimum absolute atomic E-state index is 0.0221. The summed E-state index contributed by atoms with van der Waals surface area (Å²) in [5, 5.41) is 9.97. The zero-order valence-electron chi connectivity index (χ0n) is 25.2. The summed E-state index contributed by atoms with van der Waals surface area (Å²) in [7, 11) is 0. The van der Waals surface area contributed by atoms with Crippen LogP contribution in [0, 0.1) is 17.8 Å². The second-order valence-electron chi connectivity index (χ2n) is 12.2. The van der Waals surface area contributed by atoms with E-state index in [0.717, 1.165) is 17.8 Å². The lowest BCUT2D eigenvalue weighted by Crippen LogP contribution is -2.29. The van der Waals surface area contributed by atoms with E-state index in [1.54, 1.807) is 39.1 Å². The van der Waals surface area contributed by atoms with Crippen LogP contribution in [-0.4, -0.2) is 38.4 Å². The van der Waals surface area contributed by atoms with Crippen LogP contribution >= 0.6 is 0 Å². The van der Waals surface area contributed by atoms with E-state index in [2.05, 4.69) is 9.72 Å². The maximum absolute atomic E-state index is 14.1. The molecule has 0 aliphatic heterocycles. The minimum Gasteiger partial charge on any atom is -0.487 e. The number of hydrogen-bond acceptors (Lipinski definition) is 6. The van der Waals surface area contributed by atoms with Crippen LogP contribution in [-0.2, 0) is 17.8 Å². The smallest absolute Gasteiger partial charge is 0.487 e. The fourth-order valence-corrected chi connectivity index (χ4v) is 4.72. The zero-order chi connectivity index (χ0) is 32.6. The van der Waals surface area contributed by atoms with Gasteiger partial charge < -0.3 is 19.0 Å². The van der Waals surface area contributed by atoms with Gasteiger partial charge in [0.15, 0.2) is 5.78 Å². The third kappa shape index (κ3) is 7.10. The standard InChI is InChI=1S/C33H33F3N2O6/c1-19-8-7-9-21(37-19)18-43-23-14-15-38-25(16-23)26(29(40)31(2,3)4)24(17-32(5,6)30(41)42)27(38)28(39)20-10-12-22(13-11-20)44-33(34,35)36/h7-16H,17-18H2,1-6H3,(H,41,42). The van der Waals surface area contributed by atoms with Crippen LogP contribution in [0.15, 0.2) is 60.8 Å². The number of nitrogens with zero attached hydrogens (tertiary/aromatic N) is 2. The first kappa shape index (κ1) is 32.2. The molecule has 0 saturated heterocycles. The highest BCUT2D eigenvalue weighted by molar-refractivity contribution is 6.15. The van der Waals surface area contributed by atoms with E-state index in [4.69, 9.17) is 4.74 Å². The van der Waals surface area contributed by atoms with Crippen molar-refractivity contribution in [1.29, 1.82) is 0 Å². The third-order valence-corrected chi connectivity index (χ3v) is 7.01. The highest BCUT2D eigenvalue weighted by atomic mass is 19.4. The largest absolute Gasteiger partial charge is 0.573 e. The molecule has 3 heterocycles. The molecular weight excluding hydrogens is 577 g/mol. The summed E-state index contributed by atoms with van der Waals surface area (Å²) in [4.78, 5) is 44.7. The second-order valence-corrected chi connectivity index (χ2v) is 12.2. The number of ether oxygens (including phenoxy) is 2. The molecular formula is C33H33F3N2O6. The predicted octanol–water partition coefficient (Wildman–Crippen LogP) is 7.23. The molecule has 0 amide bonds. The highest BCUT2D eigenvalue weighted by Crippen LogP contribution is 2.37. The first-order chi connectivity index (χ1) is 20.4. The van der Waals surface area contributed by atoms with E-state index in [0.29, 0.717) is 17.0 Å². The number of rotatable bonds is 10. The fraction of sp³-hybridized carbons (Fsp3) is 0.333. The van der Waals surface area contributed by atoms with Gasteiger partial charge in [-0.1, -0.05) is 26.8 Å². The van der Waals surface area contributed by atoms with E-state index >= 15 is 0 Å². The topological polar surface area (TPSA) is 107 Å². The summed E-state index contributed by atoms with van der Waals surface area (Å²) < 4.78 is 49.5. The van der Waals surface area contributed by atoms with Gasteiger partial charge in [-0.15, -0.1) is 13.2 Å². The van der Waals surface area contributed by atoms with E-state index < -0.39 is 34.7 Å². The van der Waals surface area contributed by atoms with Gasteiger partial charge >= 0.3 is 12.3 Å². The number of fused-ring (bicyclic) bond motifs is 1. The number of benzene rings is 1. The van der Waals surface area contributed by atoms with Gasteiger partial charge in [0.25, 0.3) is 0 Å². The van der Waals surface area contributed by atoms with Crippen molar-refractivity contribution in [2.45, 2.75) is 60.9 Å². The first-order valence-corrected chi connectivity index (χ1v) is 13.8. The van der Waals surface area contributed by atoms with Crippen molar-refractivity contribution in [3.63, 3.8) is 0 Å². The number of alkyl halides is 3. The van der Waals surface area contributed by atoms with Crippen LogP contribution in [0.3, 0.4) is 0 Å². The van der Waals surface area contributed by atoms with Crippen LogP contribution in [0.5, 0.6) is 11.5 Å². The van der Waals surface area contributed by atoms with Crippen LogP contribution in [0.2, 0.25) is 0 Å². The van der Waals surface area contributed by atoms with Gasteiger partial charge in [-0.25, -0.2) is 0 Å². The van der Waals surface area contributed by atoms with Crippen molar-refractivity contribution in [3.05, 3.63) is 94.6 Å². The molecule has 0 saturated carbocycles. The molecule has 4 rings (SSSR count). The number of aromatic nitrogens is 2. The van der Waals surface area contributed by atoms with E-state index in [-0.39, 0.29) is 41.2 Å². The molecule has 0 radical (unpaired) electrons. The van der Waals surface area contributed by atoms with Crippen molar-refractivity contribution < 1.29 is 42.1 Å². The van der Waals surface area contributed by atoms with E-state index in [1.807, 2.05) is 25.1 Å². The number of aliphatic carboxylic acids is 1. The van der Waals surface area contributed by atoms with Crippen molar-refractivity contribution in [1.82, 2.24) is 9.38 Å². The van der Waals surface area contributed by atoms with Gasteiger partial charge in [0.2, 0.25) is 5.78 Å². The molecule has 0 aliphatic carbocycles. The number of ketones is 2. The number of Topliss-reactive ketones (excluding diaryl/α,β-unsaturated/α-hetero) is 1. The normalized spacial score (nSPS) is 12.3. The molecule has 44 heavy (non-hydrogen) atoms. The average molecular weight is 611 g/mol. The number of aryl methyl sites for hydroxylation is 1. The molecule has 0 spiro atoms. The van der Waals surface area contributed by atoms with Gasteiger partial charge in [0, 0.05) is 34.5 Å². The Hall–Kier alpha value is -4.67. The monoisotopic (exact) mass is 610 g/mol. The Morgan fingerprint density at radius 3 is 2.16 bits per heavy atom. The summed E-state index contributed by atoms with van der Waals surface area (Å²) in [6.45, 7) is 10.1. The number of carboxylic acid groups (broad SMARTS) is 1. The van der Waals surface area contributed by atoms with Crippen molar-refractivity contribution >= 4 is 23.1 Å². The summed E-state index contributed by atoms with van der Waals surface area (Å²) in [6.07, 6.45) is -3.53. The predicted molar refractivity (Wildman–Crippen MR) is 156 cm³/mol. The molecule has 0 aliphatic rings. The number of carboxylic acids is 1. The average Bonchev–Trinajstić information content (AvgIpc) is 3.22. The molecule has 4 aromatic rings. The molecule has 1 N–H and O–H groups in total. The van der Waals surface area contributed by atoms with Crippen molar-refractivity contribution in [2.75, 3.05) is 0 Å². The van der Waals surface area contributed by atoms with Crippen LogP contribution in [0.1, 0.15) is 78.0 Å². The Morgan fingerprint density at radius 2 is 1.59 bits per heavy atom. The van der Waals surface area contributed by atoms with E-state index in [9.17, 15) is 32.7 Å². The SMILES string of the molecule is Cc1cccc(COc2ccn3c(C(=O)c4ccc(OC(F)(F)F)cc4)c(CC(C)(C)C(=O)O)c(C(=O)C(C)(C)C)c3c2)n1. The maximum atomic E-state index is 14.1. The zero-order valence-corrected chi connectivity index (χ0v) is 25.2. The molecule has 0 bridgehead atoms. The van der Waals surface area contributed by atoms with Gasteiger partial charge in [-0.2, -0.15) is 0 Å². The number of halogens is 3. The fourth-order valence-electron chi connectivity index (χ4n) is 4.72. The maximum Gasteiger partial charge on any atom is 0.573 e. The number of carbonyl (C=O) groups excluding carboxylic acids is 2. The van der Waals surface area contributed by atoms with Gasteiger partial charge in [-0.3, -0.25) is 19.4 Å². The molecule has 0 unspecified atom stereocenters. The summed E-state index contributed by atoms with van der Waals surface area (Å²) >= 11 is 0. The quantitative estimate of drug-likeness (QED) is 0.189. The molecule has 0 atom stereocenters. The van der Waals surface area contributed by atoms with Gasteiger partial charge in [-0.05, 0) is 75.2 Å². The Balaban J connectivity index is 1.91. The minimum atomic E-state index is -4.91. The van der Waals surface area contributed by atoms with Crippen LogP contribution in [0.25, 0.3) is 5.52 Å². The lowest BCUT2D eigenvalue weighted by molar-refractivity contribution is -0.274. The summed E-state index contributed by atoms with van der Waals surface area (Å²) in [6, 6.07) is 13.2. The Kier molecular flexibility index (Phi) is 8.64. The molecule has 11 heteroatoms. The first-order valence-electron chi connectivity index (χ1n) is 13.8. The van der Waals surface area contributed by atoms with Crippen LogP contribution < -0.4 is 9.47 Å². The molecule has 0 fully saturated rings. The van der Waals surface area contributed by atoms with Crippen molar-refractivity contribution in [2.24, 2.45) is 10.8 Å². The Morgan fingerprint density at radius 1 is 0.932 bits per heavy atom. The third-order valence-electron chi connectivity index (χ3n) is 7.01. The number of carbonyl (C=O) groups is 3. The Bertz CT molecular complexity index is 1730. The summed E-state index contributed by atoms with van der Waals surface area (Å²) in [5.74, 6) is -2.19. The van der Waals surface area contributed by atoms with Gasteiger partial charge in [0.05, 0.1) is 22.3 Å². The number of pyridine rings is 2. The lowest BCUT2D eigenvalue weighted by atomic mass is 9.79. The Labute approximate surface area is 252 Å². The van der Waals surface area contributed by atoms with Crippen LogP contribution in [0.4, 0.5) is 13.2 Å². The van der Waals surface area contributed by atoms with E-state index in [1.165, 1.54) is 30.4 Å². The molecule has 3 aromatic heterocycles. The summed E-state index contributed by atoms with van der Waals surface area (Å²) in [5.41, 5.74) is -0.0244. The molecule has 232 valence electrons. The number of hydrogen-bond donors (Lipinski definition) is 1. The lowest BCUT2D eigenvalue weighted by Gasteiger charge is -2.22. The second kappa shape index (κ2) is 11.8. The molecule has 8 nitrogen and oxygen atoms in total. The van der Waals surface area contributed by atoms with Gasteiger partial charge in [0.1, 0.15) is 18.1 Å². The molecule has 1 aromatic carbocycles.